The van der Waals surface area contributed by atoms with Crippen molar-refractivity contribution in [1.82, 2.24) is 9.38 Å². The summed E-state index contributed by atoms with van der Waals surface area (Å²) < 4.78 is 1.86. The zero-order chi connectivity index (χ0) is 15.0. The summed E-state index contributed by atoms with van der Waals surface area (Å²) in [4.78, 5) is 15.7. The van der Waals surface area contributed by atoms with Crippen LogP contribution < -0.4 is 0 Å². The van der Waals surface area contributed by atoms with E-state index in [-0.39, 0.29) is 0 Å². The van der Waals surface area contributed by atoms with E-state index in [1.807, 2.05) is 15.8 Å². The van der Waals surface area contributed by atoms with Crippen LogP contribution in [-0.2, 0) is 4.79 Å². The van der Waals surface area contributed by atoms with Crippen LogP contribution in [0.5, 0.6) is 0 Å². The van der Waals surface area contributed by atoms with Gasteiger partial charge in [-0.3, -0.25) is 4.40 Å². The van der Waals surface area contributed by atoms with Gasteiger partial charge in [-0.2, -0.15) is 0 Å². The summed E-state index contributed by atoms with van der Waals surface area (Å²) in [6.07, 6.45) is 4.20. The van der Waals surface area contributed by atoms with Gasteiger partial charge in [-0.1, -0.05) is 23.2 Å². The van der Waals surface area contributed by atoms with Gasteiger partial charge in [-0.25, -0.2) is 9.78 Å². The monoisotopic (exact) mass is 338 g/mol. The van der Waals surface area contributed by atoms with E-state index < -0.39 is 5.97 Å². The normalized spacial score (nSPS) is 11.5. The second-order valence-corrected chi connectivity index (χ2v) is 5.90. The van der Waals surface area contributed by atoms with Crippen molar-refractivity contribution in [2.24, 2.45) is 0 Å². The topological polar surface area (TPSA) is 54.6 Å². The summed E-state index contributed by atoms with van der Waals surface area (Å²) >= 11 is 13.6. The first-order valence-corrected chi connectivity index (χ1v) is 7.51. The van der Waals surface area contributed by atoms with Gasteiger partial charge < -0.3 is 5.11 Å². The number of carbonyl (C=O) groups is 1. The van der Waals surface area contributed by atoms with Crippen LogP contribution in [0.25, 0.3) is 22.3 Å². The number of halogens is 2. The Bertz CT molecular complexity index is 867. The lowest BCUT2D eigenvalue weighted by Gasteiger charge is -2.05. The minimum absolute atomic E-state index is 0.532. The summed E-state index contributed by atoms with van der Waals surface area (Å²) in [5.74, 6) is -1.01. The molecule has 0 aliphatic rings. The molecule has 3 aromatic rings. The molecule has 4 nitrogen and oxygen atoms in total. The molecule has 3 rings (SSSR count). The van der Waals surface area contributed by atoms with Crippen LogP contribution in [0.4, 0.5) is 0 Å². The standard InChI is InChI=1S/C14H8Cl2N2O2S/c15-8-1-3-10(11(16)5-8)12-7-21-14-17-6-9(18(12)14)2-4-13(19)20/h1-7H,(H,19,20)/b4-2+. The van der Waals surface area contributed by atoms with E-state index in [1.165, 1.54) is 17.4 Å². The smallest absolute Gasteiger partial charge is 0.328 e. The van der Waals surface area contributed by atoms with Gasteiger partial charge in [0.1, 0.15) is 0 Å². The van der Waals surface area contributed by atoms with E-state index in [1.54, 1.807) is 18.3 Å². The van der Waals surface area contributed by atoms with Crippen molar-refractivity contribution in [2.45, 2.75) is 0 Å². The van der Waals surface area contributed by atoms with Crippen molar-refractivity contribution in [1.29, 1.82) is 0 Å². The first-order valence-electron chi connectivity index (χ1n) is 5.87. The molecule has 0 spiro atoms. The number of rotatable bonds is 3. The SMILES string of the molecule is O=C(O)/C=C/c1cnc2scc(-c3ccc(Cl)cc3Cl)n12. The summed E-state index contributed by atoms with van der Waals surface area (Å²) in [5.41, 5.74) is 2.34. The van der Waals surface area contributed by atoms with Crippen LogP contribution in [0.15, 0.2) is 35.9 Å². The molecular formula is C14H8Cl2N2O2S. The molecule has 0 aliphatic heterocycles. The average Bonchev–Trinajstić information content (AvgIpc) is 2.99. The summed E-state index contributed by atoms with van der Waals surface area (Å²) in [6.45, 7) is 0. The predicted molar refractivity (Wildman–Crippen MR) is 85.2 cm³/mol. The van der Waals surface area contributed by atoms with Crippen LogP contribution in [0.1, 0.15) is 5.69 Å². The minimum Gasteiger partial charge on any atom is -0.478 e. The minimum atomic E-state index is -1.01. The lowest BCUT2D eigenvalue weighted by atomic mass is 10.1. The van der Waals surface area contributed by atoms with Crippen molar-refractivity contribution >= 4 is 51.5 Å². The van der Waals surface area contributed by atoms with Gasteiger partial charge in [0.05, 0.1) is 22.6 Å². The zero-order valence-corrected chi connectivity index (χ0v) is 12.8. The third-order valence-corrected chi connectivity index (χ3v) is 4.27. The van der Waals surface area contributed by atoms with E-state index in [4.69, 9.17) is 28.3 Å². The highest BCUT2D eigenvalue weighted by molar-refractivity contribution is 7.15. The van der Waals surface area contributed by atoms with Gasteiger partial charge in [0.2, 0.25) is 0 Å². The number of hydrogen-bond donors (Lipinski definition) is 1. The number of hydrogen-bond acceptors (Lipinski definition) is 3. The lowest BCUT2D eigenvalue weighted by Crippen LogP contribution is -1.91. The second kappa shape index (κ2) is 5.52. The molecule has 0 atom stereocenters. The molecule has 0 radical (unpaired) electrons. The predicted octanol–water partition coefficient (Wildman–Crippen LogP) is 4.47. The molecule has 0 amide bonds. The largest absolute Gasteiger partial charge is 0.478 e. The summed E-state index contributed by atoms with van der Waals surface area (Å²) in [5, 5.41) is 11.8. The van der Waals surface area contributed by atoms with E-state index in [9.17, 15) is 4.79 Å². The number of aromatic nitrogens is 2. The van der Waals surface area contributed by atoms with Crippen LogP contribution in [0.3, 0.4) is 0 Å². The molecule has 0 saturated carbocycles. The molecule has 21 heavy (non-hydrogen) atoms. The maximum absolute atomic E-state index is 10.7. The number of carboxylic acid groups (broad SMARTS) is 1. The Kier molecular flexibility index (Phi) is 3.71. The molecule has 0 saturated heterocycles. The van der Waals surface area contributed by atoms with Crippen LogP contribution in [-0.4, -0.2) is 20.5 Å². The van der Waals surface area contributed by atoms with Gasteiger partial charge in [-0.05, 0) is 24.3 Å². The molecule has 1 N–H and O–H groups in total. The molecule has 0 aliphatic carbocycles. The van der Waals surface area contributed by atoms with Crippen molar-refractivity contribution < 1.29 is 9.90 Å². The summed E-state index contributed by atoms with van der Waals surface area (Å²) in [7, 11) is 0. The Morgan fingerprint density at radius 2 is 2.19 bits per heavy atom. The Morgan fingerprint density at radius 3 is 2.90 bits per heavy atom. The van der Waals surface area contributed by atoms with E-state index in [0.29, 0.717) is 15.7 Å². The third kappa shape index (κ3) is 2.68. The Balaban J connectivity index is 2.19. The van der Waals surface area contributed by atoms with Gasteiger partial charge in [0, 0.05) is 22.0 Å². The Hall–Kier alpha value is -1.82. The highest BCUT2D eigenvalue weighted by Crippen LogP contribution is 2.34. The Morgan fingerprint density at radius 1 is 1.38 bits per heavy atom. The molecule has 0 fully saturated rings. The summed E-state index contributed by atoms with van der Waals surface area (Å²) in [6, 6.07) is 5.26. The molecule has 1 aromatic carbocycles. The van der Waals surface area contributed by atoms with Crippen LogP contribution in [0, 0.1) is 0 Å². The van der Waals surface area contributed by atoms with E-state index >= 15 is 0 Å². The highest BCUT2D eigenvalue weighted by Gasteiger charge is 2.13. The maximum Gasteiger partial charge on any atom is 0.328 e. The molecule has 0 bridgehead atoms. The number of aliphatic carboxylic acids is 1. The lowest BCUT2D eigenvalue weighted by molar-refractivity contribution is -0.131. The molecule has 106 valence electrons. The van der Waals surface area contributed by atoms with Crippen LogP contribution in [0.2, 0.25) is 10.0 Å². The number of imidazole rings is 1. The van der Waals surface area contributed by atoms with Crippen molar-refractivity contribution in [3.05, 3.63) is 51.6 Å². The third-order valence-electron chi connectivity index (χ3n) is 2.88. The van der Waals surface area contributed by atoms with Crippen molar-refractivity contribution in [3.63, 3.8) is 0 Å². The highest BCUT2D eigenvalue weighted by atomic mass is 35.5. The number of carboxylic acids is 1. The zero-order valence-electron chi connectivity index (χ0n) is 10.5. The van der Waals surface area contributed by atoms with Gasteiger partial charge in [-0.15, -0.1) is 11.3 Å². The van der Waals surface area contributed by atoms with E-state index in [0.717, 1.165) is 22.3 Å². The van der Waals surface area contributed by atoms with Gasteiger partial charge in [0.25, 0.3) is 0 Å². The number of fused-ring (bicyclic) bond motifs is 1. The van der Waals surface area contributed by atoms with E-state index in [2.05, 4.69) is 4.98 Å². The van der Waals surface area contributed by atoms with Crippen molar-refractivity contribution in [2.75, 3.05) is 0 Å². The Labute approximate surface area is 133 Å². The van der Waals surface area contributed by atoms with Crippen molar-refractivity contribution in [3.8, 4) is 11.3 Å². The molecule has 2 aromatic heterocycles. The number of nitrogens with zero attached hydrogens (tertiary/aromatic N) is 2. The first-order chi connectivity index (χ1) is 10.1. The van der Waals surface area contributed by atoms with Gasteiger partial charge >= 0.3 is 5.97 Å². The molecule has 7 heteroatoms. The second-order valence-electron chi connectivity index (χ2n) is 4.22. The van der Waals surface area contributed by atoms with Crippen LogP contribution >= 0.6 is 34.5 Å². The molecule has 0 unspecified atom stereocenters. The van der Waals surface area contributed by atoms with Gasteiger partial charge in [0.15, 0.2) is 4.96 Å². The first kappa shape index (κ1) is 14.1. The fourth-order valence-corrected chi connectivity index (χ4v) is 3.37. The number of thiazole rings is 1. The molecular weight excluding hydrogens is 331 g/mol. The average molecular weight is 339 g/mol. The fourth-order valence-electron chi connectivity index (χ4n) is 1.99. The number of benzene rings is 1. The quantitative estimate of drug-likeness (QED) is 0.717. The maximum atomic E-state index is 10.7. The molecule has 2 heterocycles. The fraction of sp³-hybridized carbons (Fsp3) is 0.